The van der Waals surface area contributed by atoms with E-state index in [1.54, 1.807) is 0 Å². The lowest BCUT2D eigenvalue weighted by Gasteiger charge is -2.04. The number of hydrogen-bond acceptors (Lipinski definition) is 4. The van der Waals surface area contributed by atoms with Gasteiger partial charge in [0.25, 0.3) is 0 Å². The lowest BCUT2D eigenvalue weighted by molar-refractivity contribution is -0.128. The fourth-order valence-electron chi connectivity index (χ4n) is 0.560. The Morgan fingerprint density at radius 3 is 2.30 bits per heavy atom. The fraction of sp³-hybridized carbons (Fsp3) is 0.833. The van der Waals surface area contributed by atoms with Crippen LogP contribution in [0.1, 0.15) is 12.8 Å². The van der Waals surface area contributed by atoms with Crippen LogP contribution in [0.2, 0.25) is 0 Å². The van der Waals surface area contributed by atoms with Crippen molar-refractivity contribution < 1.29 is 20.1 Å². The molecule has 3 N–H and O–H groups in total. The number of Topliss-reactive ketones (excluding diaryl/α,β-unsaturated/α-hetero) is 1. The molecule has 4 heteroatoms. The van der Waals surface area contributed by atoms with Gasteiger partial charge < -0.3 is 15.3 Å². The number of ketones is 1. The van der Waals surface area contributed by atoms with Crippen LogP contribution < -0.4 is 0 Å². The highest BCUT2D eigenvalue weighted by Gasteiger charge is 2.12. The molecular weight excluding hydrogens is 136 g/mol. The Labute approximate surface area is 59.1 Å². The Morgan fingerprint density at radius 2 is 1.90 bits per heavy atom. The third kappa shape index (κ3) is 3.55. The number of rotatable bonds is 5. The Bertz CT molecular complexity index is 102. The number of aliphatic hydroxyl groups excluding tert-OH is 3. The molecule has 0 saturated heterocycles. The van der Waals surface area contributed by atoms with Gasteiger partial charge >= 0.3 is 0 Å². The number of carbonyl (C=O) groups is 1. The normalized spacial score (nSPS) is 13.1. The zero-order chi connectivity index (χ0) is 7.98. The second-order valence-electron chi connectivity index (χ2n) is 1.97. The fourth-order valence-corrected chi connectivity index (χ4v) is 0.560. The molecule has 0 saturated carbocycles. The van der Waals surface area contributed by atoms with E-state index < -0.39 is 11.9 Å². The van der Waals surface area contributed by atoms with Gasteiger partial charge in [-0.3, -0.25) is 4.79 Å². The highest BCUT2D eigenvalue weighted by atomic mass is 16.3. The largest absolute Gasteiger partial charge is 0.396 e. The number of aliphatic hydroxyl groups is 3. The Kier molecular flexibility index (Phi) is 5.10. The maximum Gasteiger partial charge on any atom is 0.163 e. The molecule has 0 heterocycles. The molecule has 4 nitrogen and oxygen atoms in total. The maximum absolute atomic E-state index is 10.6. The van der Waals surface area contributed by atoms with Crippen molar-refractivity contribution in [1.29, 1.82) is 0 Å². The first-order valence-corrected chi connectivity index (χ1v) is 3.15. The molecule has 0 amide bonds. The van der Waals surface area contributed by atoms with Crippen molar-refractivity contribution in [3.63, 3.8) is 0 Å². The summed E-state index contributed by atoms with van der Waals surface area (Å²) in [5, 5.41) is 25.4. The van der Waals surface area contributed by atoms with Crippen LogP contribution in [0.5, 0.6) is 0 Å². The number of carbonyl (C=O) groups excluding carboxylic acids is 1. The summed E-state index contributed by atoms with van der Waals surface area (Å²) in [6.45, 7) is -0.459. The van der Waals surface area contributed by atoms with Gasteiger partial charge in [-0.2, -0.15) is 0 Å². The molecule has 0 aliphatic carbocycles. The van der Waals surface area contributed by atoms with Crippen molar-refractivity contribution in [2.75, 3.05) is 13.2 Å². The first-order valence-electron chi connectivity index (χ1n) is 3.15. The van der Waals surface area contributed by atoms with E-state index in [4.69, 9.17) is 15.3 Å². The number of hydrogen-bond donors (Lipinski definition) is 3. The van der Waals surface area contributed by atoms with Crippen molar-refractivity contribution in [2.24, 2.45) is 0 Å². The van der Waals surface area contributed by atoms with Gasteiger partial charge in [-0.25, -0.2) is 0 Å². The summed E-state index contributed by atoms with van der Waals surface area (Å²) >= 11 is 0. The summed E-state index contributed by atoms with van der Waals surface area (Å²) in [4.78, 5) is 10.6. The van der Waals surface area contributed by atoms with E-state index in [2.05, 4.69) is 0 Å². The highest BCUT2D eigenvalue weighted by molar-refractivity contribution is 5.82. The molecule has 0 aliphatic heterocycles. The van der Waals surface area contributed by atoms with Crippen LogP contribution in [0.4, 0.5) is 0 Å². The summed E-state index contributed by atoms with van der Waals surface area (Å²) < 4.78 is 0. The maximum atomic E-state index is 10.6. The highest BCUT2D eigenvalue weighted by Crippen LogP contribution is 1.95. The van der Waals surface area contributed by atoms with E-state index in [9.17, 15) is 4.79 Å². The van der Waals surface area contributed by atoms with Crippen molar-refractivity contribution in [2.45, 2.75) is 18.9 Å². The third-order valence-corrected chi connectivity index (χ3v) is 1.13. The van der Waals surface area contributed by atoms with Gasteiger partial charge in [-0.05, 0) is 0 Å². The monoisotopic (exact) mass is 148 g/mol. The zero-order valence-electron chi connectivity index (χ0n) is 5.66. The molecule has 1 atom stereocenters. The quantitative estimate of drug-likeness (QED) is 0.452. The summed E-state index contributed by atoms with van der Waals surface area (Å²) in [5.41, 5.74) is 0. The van der Waals surface area contributed by atoms with Crippen molar-refractivity contribution in [1.82, 2.24) is 0 Å². The molecule has 0 spiro atoms. The van der Waals surface area contributed by atoms with Crippen LogP contribution in [0.15, 0.2) is 0 Å². The van der Waals surface area contributed by atoms with Crippen LogP contribution in [-0.2, 0) is 4.79 Å². The summed E-state index contributed by atoms with van der Waals surface area (Å²) in [7, 11) is 0. The van der Waals surface area contributed by atoms with Crippen LogP contribution in [0.3, 0.4) is 0 Å². The SMILES string of the molecule is O=C(CCO)C(O)CCO. The van der Waals surface area contributed by atoms with Crippen LogP contribution in [-0.4, -0.2) is 40.4 Å². The minimum Gasteiger partial charge on any atom is -0.396 e. The van der Waals surface area contributed by atoms with Crippen molar-refractivity contribution >= 4 is 5.78 Å². The van der Waals surface area contributed by atoms with Crippen LogP contribution in [0.25, 0.3) is 0 Å². The van der Waals surface area contributed by atoms with Gasteiger partial charge in [0.2, 0.25) is 0 Å². The Hall–Kier alpha value is -0.450. The molecule has 60 valence electrons. The zero-order valence-corrected chi connectivity index (χ0v) is 5.66. The average Bonchev–Trinajstić information content (AvgIpc) is 1.89. The molecule has 0 aromatic heterocycles. The van der Waals surface area contributed by atoms with E-state index in [1.807, 2.05) is 0 Å². The lowest BCUT2D eigenvalue weighted by Crippen LogP contribution is -2.22. The molecule has 0 rings (SSSR count). The van der Waals surface area contributed by atoms with E-state index in [0.29, 0.717) is 0 Å². The molecule has 0 aliphatic rings. The van der Waals surface area contributed by atoms with Crippen molar-refractivity contribution in [3.8, 4) is 0 Å². The minimum absolute atomic E-state index is 0.0405. The van der Waals surface area contributed by atoms with Gasteiger partial charge in [-0.1, -0.05) is 0 Å². The van der Waals surface area contributed by atoms with Gasteiger partial charge in [0.15, 0.2) is 5.78 Å². The second kappa shape index (κ2) is 5.34. The topological polar surface area (TPSA) is 77.8 Å². The second-order valence-corrected chi connectivity index (χ2v) is 1.97. The van der Waals surface area contributed by atoms with Crippen LogP contribution >= 0.6 is 0 Å². The lowest BCUT2D eigenvalue weighted by atomic mass is 10.1. The predicted molar refractivity (Wildman–Crippen MR) is 34.4 cm³/mol. The predicted octanol–water partition coefficient (Wildman–Crippen LogP) is -1.32. The molecule has 0 fully saturated rings. The molecule has 0 bridgehead atoms. The van der Waals surface area contributed by atoms with E-state index >= 15 is 0 Å². The third-order valence-electron chi connectivity index (χ3n) is 1.13. The standard InChI is InChI=1S/C6H12O4/c7-3-1-5(9)6(10)2-4-8/h5,7-9H,1-4H2. The van der Waals surface area contributed by atoms with Gasteiger partial charge in [0, 0.05) is 19.4 Å². The summed E-state index contributed by atoms with van der Waals surface area (Å²) in [5.74, 6) is -0.420. The Balaban J connectivity index is 3.49. The van der Waals surface area contributed by atoms with Gasteiger partial charge in [-0.15, -0.1) is 0 Å². The molecular formula is C6H12O4. The molecule has 0 radical (unpaired) electrons. The minimum atomic E-state index is -1.11. The average molecular weight is 148 g/mol. The van der Waals surface area contributed by atoms with Crippen molar-refractivity contribution in [3.05, 3.63) is 0 Å². The van der Waals surface area contributed by atoms with Gasteiger partial charge in [0.1, 0.15) is 6.10 Å². The smallest absolute Gasteiger partial charge is 0.163 e. The first-order chi connectivity index (χ1) is 4.72. The molecule has 10 heavy (non-hydrogen) atoms. The van der Waals surface area contributed by atoms with E-state index in [0.717, 1.165) is 0 Å². The summed E-state index contributed by atoms with van der Waals surface area (Å²) in [6.07, 6.45) is -1.10. The Morgan fingerprint density at radius 1 is 1.30 bits per heavy atom. The molecule has 1 unspecified atom stereocenters. The molecule has 0 aromatic carbocycles. The van der Waals surface area contributed by atoms with E-state index in [1.165, 1.54) is 0 Å². The first kappa shape index (κ1) is 9.55. The van der Waals surface area contributed by atoms with Gasteiger partial charge in [0.05, 0.1) is 6.61 Å². The van der Waals surface area contributed by atoms with E-state index in [-0.39, 0.29) is 26.1 Å². The van der Waals surface area contributed by atoms with Crippen LogP contribution in [0, 0.1) is 0 Å². The summed E-state index contributed by atoms with van der Waals surface area (Å²) in [6, 6.07) is 0. The molecule has 0 aromatic rings.